The first kappa shape index (κ1) is 20.2. The van der Waals surface area contributed by atoms with Gasteiger partial charge in [-0.05, 0) is 49.1 Å². The van der Waals surface area contributed by atoms with E-state index in [0.29, 0.717) is 13.1 Å². The summed E-state index contributed by atoms with van der Waals surface area (Å²) in [6.45, 7) is 3.00. The summed E-state index contributed by atoms with van der Waals surface area (Å²) >= 11 is 1.62. The molecular weight excluding hydrogens is 382 g/mol. The van der Waals surface area contributed by atoms with Crippen LogP contribution in [0.15, 0.2) is 58.5 Å². The number of thiophene rings is 1. The monoisotopic (exact) mass is 404 g/mol. The average Bonchev–Trinajstić information content (AvgIpc) is 3.32. The minimum Gasteiger partial charge on any atom is -0.468 e. The van der Waals surface area contributed by atoms with Crippen molar-refractivity contribution in [2.45, 2.75) is 32.5 Å². The average molecular weight is 404 g/mol. The van der Waals surface area contributed by atoms with Crippen LogP contribution in [-0.2, 0) is 24.3 Å². The maximum Gasteiger partial charge on any atom is 0.234 e. The molecule has 0 spiro atoms. The van der Waals surface area contributed by atoms with Gasteiger partial charge in [0.25, 0.3) is 0 Å². The zero-order valence-corrected chi connectivity index (χ0v) is 16.3. The summed E-state index contributed by atoms with van der Waals surface area (Å²) in [6.07, 6.45) is 1.69. The van der Waals surface area contributed by atoms with Crippen molar-refractivity contribution >= 4 is 17.2 Å². The molecule has 148 valence electrons. The highest BCUT2D eigenvalue weighted by Gasteiger charge is 2.18. The van der Waals surface area contributed by atoms with Gasteiger partial charge in [-0.1, -0.05) is 12.1 Å². The van der Waals surface area contributed by atoms with Crippen LogP contribution in [0.3, 0.4) is 0 Å². The number of hydrogen-bond donors (Lipinski definition) is 1. The fourth-order valence-corrected chi connectivity index (χ4v) is 3.77. The number of hydrogen-bond acceptors (Lipinski definition) is 4. The van der Waals surface area contributed by atoms with Crippen LogP contribution in [0.5, 0.6) is 0 Å². The molecule has 7 heteroatoms. The summed E-state index contributed by atoms with van der Waals surface area (Å²) in [5, 5.41) is 4.82. The molecule has 1 amide bonds. The lowest BCUT2D eigenvalue weighted by molar-refractivity contribution is -0.123. The molecule has 0 radical (unpaired) electrons. The molecule has 0 saturated heterocycles. The first-order valence-electron chi connectivity index (χ1n) is 9.00. The van der Waals surface area contributed by atoms with Crippen molar-refractivity contribution in [3.8, 4) is 0 Å². The van der Waals surface area contributed by atoms with E-state index in [0.717, 1.165) is 10.6 Å². The van der Waals surface area contributed by atoms with Crippen LogP contribution in [0, 0.1) is 11.6 Å². The maximum absolute atomic E-state index is 13.8. The summed E-state index contributed by atoms with van der Waals surface area (Å²) in [6, 6.07) is 11.0. The van der Waals surface area contributed by atoms with Crippen LogP contribution < -0.4 is 5.32 Å². The zero-order chi connectivity index (χ0) is 19.9. The second kappa shape index (κ2) is 9.61. The normalized spacial score (nSPS) is 12.3. The molecule has 1 unspecified atom stereocenters. The molecule has 0 bridgehead atoms. The zero-order valence-electron chi connectivity index (χ0n) is 15.5. The van der Waals surface area contributed by atoms with Gasteiger partial charge in [0.2, 0.25) is 5.91 Å². The second-order valence-corrected chi connectivity index (χ2v) is 7.71. The number of furan rings is 1. The third kappa shape index (κ3) is 5.74. The van der Waals surface area contributed by atoms with Gasteiger partial charge in [-0.15, -0.1) is 11.3 Å². The molecule has 0 fully saturated rings. The lowest BCUT2D eigenvalue weighted by Gasteiger charge is -2.22. The minimum atomic E-state index is -0.599. The minimum absolute atomic E-state index is 0.0127. The number of nitrogens with zero attached hydrogens (tertiary/aromatic N) is 1. The molecule has 3 aromatic rings. The Morgan fingerprint density at radius 1 is 1.14 bits per heavy atom. The Hall–Kier alpha value is -2.51. The van der Waals surface area contributed by atoms with E-state index in [2.05, 4.69) is 5.32 Å². The van der Waals surface area contributed by atoms with Crippen LogP contribution in [0.25, 0.3) is 0 Å². The number of halogens is 2. The number of benzene rings is 1. The van der Waals surface area contributed by atoms with Gasteiger partial charge in [0, 0.05) is 23.0 Å². The number of amides is 1. The predicted molar refractivity (Wildman–Crippen MR) is 105 cm³/mol. The smallest absolute Gasteiger partial charge is 0.234 e. The van der Waals surface area contributed by atoms with E-state index < -0.39 is 17.7 Å². The third-order valence-electron chi connectivity index (χ3n) is 4.27. The molecule has 1 N–H and O–H groups in total. The molecule has 1 atom stereocenters. The van der Waals surface area contributed by atoms with Gasteiger partial charge in [0.05, 0.1) is 19.4 Å². The SMILES string of the molecule is CC(Cc1c(F)cccc1F)NC(=O)CN(Cc1ccco1)Cc1cccs1. The van der Waals surface area contributed by atoms with E-state index in [9.17, 15) is 13.6 Å². The quantitative estimate of drug-likeness (QED) is 0.576. The molecule has 0 aliphatic heterocycles. The molecule has 1 aromatic carbocycles. The van der Waals surface area contributed by atoms with E-state index in [1.165, 1.54) is 18.2 Å². The van der Waals surface area contributed by atoms with Gasteiger partial charge in [0.1, 0.15) is 17.4 Å². The van der Waals surface area contributed by atoms with Gasteiger partial charge < -0.3 is 9.73 Å². The van der Waals surface area contributed by atoms with E-state index in [-0.39, 0.29) is 24.4 Å². The summed E-state index contributed by atoms with van der Waals surface area (Å²) < 4.78 is 33.0. The van der Waals surface area contributed by atoms with Gasteiger partial charge in [-0.3, -0.25) is 9.69 Å². The van der Waals surface area contributed by atoms with E-state index >= 15 is 0 Å². The number of nitrogens with one attached hydrogen (secondary N) is 1. The Labute approximate surface area is 166 Å². The van der Waals surface area contributed by atoms with Crippen molar-refractivity contribution in [3.05, 3.63) is 81.9 Å². The van der Waals surface area contributed by atoms with Gasteiger partial charge in [-0.25, -0.2) is 8.78 Å². The van der Waals surface area contributed by atoms with E-state index in [4.69, 9.17) is 4.42 Å². The molecule has 3 rings (SSSR count). The Bertz CT molecular complexity index is 825. The first-order chi connectivity index (χ1) is 13.5. The molecule has 2 heterocycles. The van der Waals surface area contributed by atoms with Crippen molar-refractivity contribution in [1.82, 2.24) is 10.2 Å². The summed E-state index contributed by atoms with van der Waals surface area (Å²) in [5.74, 6) is -0.630. The topological polar surface area (TPSA) is 45.5 Å². The maximum atomic E-state index is 13.8. The predicted octanol–water partition coefficient (Wildman–Crippen LogP) is 4.37. The summed E-state index contributed by atoms with van der Waals surface area (Å²) in [4.78, 5) is 15.6. The van der Waals surface area contributed by atoms with E-state index in [1.54, 1.807) is 24.5 Å². The van der Waals surface area contributed by atoms with Gasteiger partial charge in [-0.2, -0.15) is 0 Å². The molecule has 2 aromatic heterocycles. The first-order valence-corrected chi connectivity index (χ1v) is 9.88. The fourth-order valence-electron chi connectivity index (χ4n) is 3.02. The van der Waals surface area contributed by atoms with Crippen LogP contribution in [-0.4, -0.2) is 23.4 Å². The number of carbonyl (C=O) groups is 1. The van der Waals surface area contributed by atoms with E-state index in [1.807, 2.05) is 34.5 Å². The third-order valence-corrected chi connectivity index (χ3v) is 5.13. The molecule has 0 saturated carbocycles. The van der Waals surface area contributed by atoms with Crippen molar-refractivity contribution < 1.29 is 18.0 Å². The Morgan fingerprint density at radius 2 is 1.93 bits per heavy atom. The highest BCUT2D eigenvalue weighted by molar-refractivity contribution is 7.09. The Morgan fingerprint density at radius 3 is 2.57 bits per heavy atom. The molecule has 0 aliphatic carbocycles. The van der Waals surface area contributed by atoms with Gasteiger partial charge >= 0.3 is 0 Å². The van der Waals surface area contributed by atoms with Crippen LogP contribution >= 0.6 is 11.3 Å². The second-order valence-electron chi connectivity index (χ2n) is 6.68. The van der Waals surface area contributed by atoms with Crippen molar-refractivity contribution in [2.24, 2.45) is 0 Å². The van der Waals surface area contributed by atoms with Crippen molar-refractivity contribution in [2.75, 3.05) is 6.54 Å². The van der Waals surface area contributed by atoms with Crippen molar-refractivity contribution in [3.63, 3.8) is 0 Å². The van der Waals surface area contributed by atoms with Crippen LogP contribution in [0.2, 0.25) is 0 Å². The standard InChI is InChI=1S/C21H22F2N2O2S/c1-15(11-18-19(22)7-2-8-20(18)23)24-21(26)14-25(12-16-5-3-9-27-16)13-17-6-4-10-28-17/h2-10,15H,11-14H2,1H3,(H,24,26). The van der Waals surface area contributed by atoms with Crippen LogP contribution in [0.1, 0.15) is 23.1 Å². The largest absolute Gasteiger partial charge is 0.468 e. The Kier molecular flexibility index (Phi) is 6.95. The lowest BCUT2D eigenvalue weighted by atomic mass is 10.1. The number of rotatable bonds is 9. The fraction of sp³-hybridized carbons (Fsp3) is 0.286. The van der Waals surface area contributed by atoms with Crippen molar-refractivity contribution in [1.29, 1.82) is 0 Å². The Balaban J connectivity index is 1.59. The molecule has 0 aliphatic rings. The van der Waals surface area contributed by atoms with Crippen LogP contribution in [0.4, 0.5) is 8.78 Å². The highest BCUT2D eigenvalue weighted by Crippen LogP contribution is 2.16. The lowest BCUT2D eigenvalue weighted by Crippen LogP contribution is -2.41. The summed E-state index contributed by atoms with van der Waals surface area (Å²) in [5.41, 5.74) is -0.0127. The summed E-state index contributed by atoms with van der Waals surface area (Å²) in [7, 11) is 0. The molecule has 4 nitrogen and oxygen atoms in total. The van der Waals surface area contributed by atoms with Gasteiger partial charge in [0.15, 0.2) is 0 Å². The molecule has 28 heavy (non-hydrogen) atoms. The highest BCUT2D eigenvalue weighted by atomic mass is 32.1. The number of carbonyl (C=O) groups excluding carboxylic acids is 1. The molecular formula is C21H22F2N2O2S.